The van der Waals surface area contributed by atoms with Gasteiger partial charge in [0.25, 0.3) is 0 Å². The maximum Gasteiger partial charge on any atom is 0.368 e. The molecule has 0 aliphatic carbocycles. The van der Waals surface area contributed by atoms with Gasteiger partial charge in [-0.05, 0) is 18.2 Å². The molecule has 2 rings (SSSR count). The molecule has 0 radical (unpaired) electrons. The van der Waals surface area contributed by atoms with Crippen LogP contribution in [0.1, 0.15) is 5.56 Å². The predicted molar refractivity (Wildman–Crippen MR) is 45.9 cm³/mol. The van der Waals surface area contributed by atoms with E-state index in [1.807, 2.05) is 0 Å². The minimum Gasteiger partial charge on any atom is -0.426 e. The molecule has 1 heterocycles. The fraction of sp³-hybridized carbons (Fsp3) is 0.143. The van der Waals surface area contributed by atoms with Crippen molar-refractivity contribution in [3.05, 3.63) is 28.8 Å². The zero-order valence-electron chi connectivity index (χ0n) is 6.04. The molecular formula is C7H6ClO3P. The van der Waals surface area contributed by atoms with E-state index >= 15 is 0 Å². The van der Waals surface area contributed by atoms with Gasteiger partial charge >= 0.3 is 8.25 Å². The van der Waals surface area contributed by atoms with Crippen LogP contribution in [0.15, 0.2) is 18.2 Å². The van der Waals surface area contributed by atoms with Crippen molar-refractivity contribution in [3.63, 3.8) is 0 Å². The van der Waals surface area contributed by atoms with Crippen LogP contribution in [0.5, 0.6) is 5.75 Å². The van der Waals surface area contributed by atoms with Crippen LogP contribution in [-0.4, -0.2) is 0 Å². The van der Waals surface area contributed by atoms with Gasteiger partial charge in [-0.25, -0.2) is 4.57 Å². The van der Waals surface area contributed by atoms with Gasteiger partial charge in [0.05, 0.1) is 6.61 Å². The summed E-state index contributed by atoms with van der Waals surface area (Å²) in [6.45, 7) is 0.313. The first-order chi connectivity index (χ1) is 5.75. The van der Waals surface area contributed by atoms with E-state index < -0.39 is 8.25 Å². The Morgan fingerprint density at radius 1 is 1.50 bits per heavy atom. The lowest BCUT2D eigenvalue weighted by atomic mass is 10.2. The van der Waals surface area contributed by atoms with Crippen molar-refractivity contribution in [2.45, 2.75) is 6.61 Å². The first-order valence-electron chi connectivity index (χ1n) is 3.39. The predicted octanol–water partition coefficient (Wildman–Crippen LogP) is 2.64. The highest BCUT2D eigenvalue weighted by molar-refractivity contribution is 7.33. The van der Waals surface area contributed by atoms with Crippen LogP contribution in [0.2, 0.25) is 5.02 Å². The third kappa shape index (κ3) is 1.48. The van der Waals surface area contributed by atoms with Crippen LogP contribution in [0, 0.1) is 0 Å². The molecule has 12 heavy (non-hydrogen) atoms. The highest BCUT2D eigenvalue weighted by Gasteiger charge is 2.15. The van der Waals surface area contributed by atoms with Crippen molar-refractivity contribution in [3.8, 4) is 5.75 Å². The van der Waals surface area contributed by atoms with Crippen LogP contribution in [0.25, 0.3) is 0 Å². The van der Waals surface area contributed by atoms with Gasteiger partial charge in [0, 0.05) is 10.6 Å². The van der Waals surface area contributed by atoms with E-state index in [4.69, 9.17) is 20.6 Å². The topological polar surface area (TPSA) is 35.5 Å². The minimum atomic E-state index is -2.31. The summed E-state index contributed by atoms with van der Waals surface area (Å²) in [4.78, 5) is 0. The lowest BCUT2D eigenvalue weighted by Crippen LogP contribution is -1.99. The molecule has 0 spiro atoms. The fourth-order valence-corrected chi connectivity index (χ4v) is 1.92. The molecule has 1 unspecified atom stereocenters. The normalized spacial score (nSPS) is 21.2. The largest absolute Gasteiger partial charge is 0.426 e. The molecule has 0 aromatic heterocycles. The molecule has 0 saturated carbocycles. The van der Waals surface area contributed by atoms with E-state index in [-0.39, 0.29) is 0 Å². The Balaban J connectivity index is 2.43. The molecule has 1 aromatic carbocycles. The number of halogens is 1. The molecule has 0 fully saturated rings. The number of hydrogen-bond acceptors (Lipinski definition) is 3. The Hall–Kier alpha value is -0.500. The van der Waals surface area contributed by atoms with Gasteiger partial charge in [-0.2, -0.15) is 0 Å². The van der Waals surface area contributed by atoms with E-state index in [2.05, 4.69) is 0 Å². The Labute approximate surface area is 75.2 Å². The highest BCUT2D eigenvalue weighted by Crippen LogP contribution is 2.38. The van der Waals surface area contributed by atoms with Crippen molar-refractivity contribution in [1.29, 1.82) is 0 Å². The Morgan fingerprint density at radius 3 is 3.17 bits per heavy atom. The first-order valence-corrected chi connectivity index (χ1v) is 4.99. The third-order valence-corrected chi connectivity index (χ3v) is 2.56. The van der Waals surface area contributed by atoms with Crippen LogP contribution < -0.4 is 4.52 Å². The van der Waals surface area contributed by atoms with Gasteiger partial charge in [-0.15, -0.1) is 0 Å². The summed E-state index contributed by atoms with van der Waals surface area (Å²) < 4.78 is 20.6. The SMILES string of the molecule is O=[PH]1OCc2cc(Cl)ccc2O1. The molecule has 64 valence electrons. The van der Waals surface area contributed by atoms with Crippen molar-refractivity contribution in [1.82, 2.24) is 0 Å². The van der Waals surface area contributed by atoms with E-state index in [0.29, 0.717) is 17.4 Å². The summed E-state index contributed by atoms with van der Waals surface area (Å²) in [6, 6.07) is 5.13. The van der Waals surface area contributed by atoms with E-state index in [1.165, 1.54) is 0 Å². The number of fused-ring (bicyclic) bond motifs is 1. The molecule has 1 aliphatic rings. The molecule has 5 heteroatoms. The summed E-state index contributed by atoms with van der Waals surface area (Å²) in [5, 5.41) is 0.627. The van der Waals surface area contributed by atoms with Crippen molar-refractivity contribution in [2.75, 3.05) is 0 Å². The quantitative estimate of drug-likeness (QED) is 0.610. The second-order valence-corrected chi connectivity index (χ2v) is 3.82. The molecule has 1 aromatic rings. The number of benzene rings is 1. The lowest BCUT2D eigenvalue weighted by molar-refractivity contribution is 0.253. The number of rotatable bonds is 0. The van der Waals surface area contributed by atoms with Crippen molar-refractivity contribution in [2.24, 2.45) is 0 Å². The number of hydrogen-bond donors (Lipinski definition) is 0. The van der Waals surface area contributed by atoms with Crippen LogP contribution >= 0.6 is 19.9 Å². The summed E-state index contributed by atoms with van der Waals surface area (Å²) in [7, 11) is -2.31. The molecule has 3 nitrogen and oxygen atoms in total. The van der Waals surface area contributed by atoms with Crippen molar-refractivity contribution < 1.29 is 13.6 Å². The molecule has 0 saturated heterocycles. The Bertz CT molecular complexity index is 339. The summed E-state index contributed by atoms with van der Waals surface area (Å²) >= 11 is 5.73. The van der Waals surface area contributed by atoms with Gasteiger partial charge in [0.2, 0.25) is 0 Å². The van der Waals surface area contributed by atoms with Gasteiger partial charge in [0.15, 0.2) is 0 Å². The molecule has 1 aliphatic heterocycles. The van der Waals surface area contributed by atoms with Crippen LogP contribution in [0.4, 0.5) is 0 Å². The maximum absolute atomic E-state index is 10.8. The standard InChI is InChI=1S/C7H6ClO3P/c8-6-1-2-7-5(3-6)4-10-12(9)11-7/h1-3,12H,4H2. The Kier molecular flexibility index (Phi) is 2.09. The minimum absolute atomic E-state index is 0.313. The first kappa shape index (κ1) is 8.11. The van der Waals surface area contributed by atoms with Crippen LogP contribution in [0.3, 0.4) is 0 Å². The van der Waals surface area contributed by atoms with Crippen molar-refractivity contribution >= 4 is 19.9 Å². The molecule has 0 amide bonds. The third-order valence-electron chi connectivity index (χ3n) is 1.56. The van der Waals surface area contributed by atoms with E-state index in [1.54, 1.807) is 18.2 Å². The molecule has 0 N–H and O–H groups in total. The lowest BCUT2D eigenvalue weighted by Gasteiger charge is -2.16. The smallest absolute Gasteiger partial charge is 0.368 e. The average Bonchev–Trinajstić information content (AvgIpc) is 2.05. The molecular weight excluding hydrogens is 199 g/mol. The monoisotopic (exact) mass is 204 g/mol. The second-order valence-electron chi connectivity index (χ2n) is 2.39. The Morgan fingerprint density at radius 2 is 2.33 bits per heavy atom. The molecule has 1 atom stereocenters. The highest BCUT2D eigenvalue weighted by atomic mass is 35.5. The van der Waals surface area contributed by atoms with Gasteiger partial charge < -0.3 is 4.52 Å². The molecule has 0 bridgehead atoms. The summed E-state index contributed by atoms with van der Waals surface area (Å²) in [6.07, 6.45) is 0. The zero-order chi connectivity index (χ0) is 8.55. The van der Waals surface area contributed by atoms with Gasteiger partial charge in [-0.1, -0.05) is 11.6 Å². The fourth-order valence-electron chi connectivity index (χ4n) is 1.02. The van der Waals surface area contributed by atoms with E-state index in [0.717, 1.165) is 5.56 Å². The maximum atomic E-state index is 10.8. The van der Waals surface area contributed by atoms with Gasteiger partial charge in [0.1, 0.15) is 5.75 Å². The zero-order valence-corrected chi connectivity index (χ0v) is 7.80. The van der Waals surface area contributed by atoms with Crippen LogP contribution in [-0.2, 0) is 15.7 Å². The second kappa shape index (κ2) is 3.09. The average molecular weight is 205 g/mol. The van der Waals surface area contributed by atoms with E-state index in [9.17, 15) is 4.57 Å². The summed E-state index contributed by atoms with van der Waals surface area (Å²) in [5.74, 6) is 0.606. The summed E-state index contributed by atoms with van der Waals surface area (Å²) in [5.41, 5.74) is 0.840. The van der Waals surface area contributed by atoms with Gasteiger partial charge in [-0.3, -0.25) is 4.52 Å².